The Morgan fingerprint density at radius 2 is 2.12 bits per heavy atom. The van der Waals surface area contributed by atoms with Crippen molar-refractivity contribution in [3.8, 4) is 0 Å². The molecule has 84 valence electrons. The minimum Gasteiger partial charge on any atom is -0.452 e. The van der Waals surface area contributed by atoms with E-state index >= 15 is 0 Å². The van der Waals surface area contributed by atoms with E-state index in [1.54, 1.807) is 0 Å². The van der Waals surface area contributed by atoms with Crippen molar-refractivity contribution in [3.05, 3.63) is 52.4 Å². The molecule has 0 aliphatic carbocycles. The van der Waals surface area contributed by atoms with Crippen LogP contribution in [0.15, 0.2) is 45.5 Å². The quantitative estimate of drug-likeness (QED) is 0.907. The molecule has 2 aromatic rings. The molecule has 0 aliphatic heterocycles. The summed E-state index contributed by atoms with van der Waals surface area (Å²) in [6.07, 6.45) is 1.06. The minimum atomic E-state index is 0.707. The lowest BCUT2D eigenvalue weighted by Gasteiger charge is -2.05. The zero-order chi connectivity index (χ0) is 11.4. The van der Waals surface area contributed by atoms with Crippen molar-refractivity contribution in [1.82, 2.24) is 0 Å². The summed E-state index contributed by atoms with van der Waals surface area (Å²) < 4.78 is 6.19. The first kappa shape index (κ1) is 11.3. The highest BCUT2D eigenvalue weighted by Crippen LogP contribution is 2.16. The molecule has 0 aliphatic rings. The van der Waals surface area contributed by atoms with Gasteiger partial charge in [0.05, 0.1) is 6.54 Å². The van der Waals surface area contributed by atoms with E-state index in [1.165, 1.54) is 5.56 Å². The van der Waals surface area contributed by atoms with Crippen LogP contribution in [0.2, 0.25) is 0 Å². The van der Waals surface area contributed by atoms with E-state index in [2.05, 4.69) is 52.4 Å². The Bertz CT molecular complexity index is 464. The molecule has 0 radical (unpaired) electrons. The third-order valence-corrected chi connectivity index (χ3v) is 2.86. The third kappa shape index (κ3) is 2.89. The molecular formula is C13H14BrNO. The molecule has 0 spiro atoms. The number of benzene rings is 1. The van der Waals surface area contributed by atoms with Gasteiger partial charge in [0.25, 0.3) is 0 Å². The SMILES string of the molecule is CCc1cccc(NCc2ccc(Br)o2)c1. The number of nitrogens with one attached hydrogen (secondary N) is 1. The van der Waals surface area contributed by atoms with E-state index in [0.29, 0.717) is 6.54 Å². The van der Waals surface area contributed by atoms with Crippen LogP contribution < -0.4 is 5.32 Å². The van der Waals surface area contributed by atoms with Gasteiger partial charge in [-0.25, -0.2) is 0 Å². The lowest BCUT2D eigenvalue weighted by molar-refractivity contribution is 0.495. The van der Waals surface area contributed by atoms with E-state index in [9.17, 15) is 0 Å². The fourth-order valence-electron chi connectivity index (χ4n) is 1.54. The van der Waals surface area contributed by atoms with Crippen LogP contribution >= 0.6 is 15.9 Å². The minimum absolute atomic E-state index is 0.707. The monoisotopic (exact) mass is 279 g/mol. The van der Waals surface area contributed by atoms with Gasteiger partial charge in [-0.05, 0) is 52.2 Å². The van der Waals surface area contributed by atoms with Crippen LogP contribution in [0.25, 0.3) is 0 Å². The summed E-state index contributed by atoms with van der Waals surface area (Å²) in [5.41, 5.74) is 2.47. The molecule has 0 fully saturated rings. The van der Waals surface area contributed by atoms with Crippen molar-refractivity contribution >= 4 is 21.6 Å². The second kappa shape index (κ2) is 5.21. The molecular weight excluding hydrogens is 266 g/mol. The van der Waals surface area contributed by atoms with Gasteiger partial charge >= 0.3 is 0 Å². The predicted octanol–water partition coefficient (Wildman–Crippen LogP) is 4.22. The molecule has 2 nitrogen and oxygen atoms in total. The maximum absolute atomic E-state index is 5.42. The summed E-state index contributed by atoms with van der Waals surface area (Å²) in [5, 5.41) is 3.33. The maximum atomic E-state index is 5.42. The fraction of sp³-hybridized carbons (Fsp3) is 0.231. The van der Waals surface area contributed by atoms with Gasteiger partial charge in [0, 0.05) is 5.69 Å². The van der Waals surface area contributed by atoms with E-state index in [4.69, 9.17) is 4.42 Å². The molecule has 0 saturated heterocycles. The summed E-state index contributed by atoms with van der Waals surface area (Å²) in [5.74, 6) is 0.925. The maximum Gasteiger partial charge on any atom is 0.169 e. The zero-order valence-electron chi connectivity index (χ0n) is 9.16. The van der Waals surface area contributed by atoms with Crippen LogP contribution in [0, 0.1) is 0 Å². The van der Waals surface area contributed by atoms with Gasteiger partial charge in [-0.2, -0.15) is 0 Å². The van der Waals surface area contributed by atoms with E-state index in [1.807, 2.05) is 12.1 Å². The Hall–Kier alpha value is -1.22. The predicted molar refractivity (Wildman–Crippen MR) is 69.6 cm³/mol. The van der Waals surface area contributed by atoms with E-state index < -0.39 is 0 Å². The Kier molecular flexibility index (Phi) is 3.67. The standard InChI is InChI=1S/C13H14BrNO/c1-2-10-4-3-5-11(8-10)15-9-12-6-7-13(14)16-12/h3-8,15H,2,9H2,1H3. The lowest BCUT2D eigenvalue weighted by atomic mass is 10.1. The van der Waals surface area contributed by atoms with E-state index in [-0.39, 0.29) is 0 Å². The van der Waals surface area contributed by atoms with Gasteiger partial charge in [0.15, 0.2) is 4.67 Å². The number of furan rings is 1. The van der Waals surface area contributed by atoms with Gasteiger partial charge in [0.2, 0.25) is 0 Å². The summed E-state index contributed by atoms with van der Waals surface area (Å²) in [4.78, 5) is 0. The smallest absolute Gasteiger partial charge is 0.169 e. The number of anilines is 1. The molecule has 2 rings (SSSR count). The van der Waals surface area contributed by atoms with E-state index in [0.717, 1.165) is 22.5 Å². The molecule has 0 saturated carbocycles. The molecule has 0 atom stereocenters. The summed E-state index contributed by atoms with van der Waals surface area (Å²) >= 11 is 3.29. The first-order chi connectivity index (χ1) is 7.78. The average molecular weight is 280 g/mol. The van der Waals surface area contributed by atoms with Gasteiger partial charge in [-0.1, -0.05) is 19.1 Å². The highest BCUT2D eigenvalue weighted by Gasteiger charge is 1.99. The number of rotatable bonds is 4. The second-order valence-electron chi connectivity index (χ2n) is 3.61. The molecule has 1 aromatic carbocycles. The average Bonchev–Trinajstić information content (AvgIpc) is 2.73. The third-order valence-electron chi connectivity index (χ3n) is 2.43. The molecule has 1 aromatic heterocycles. The van der Waals surface area contributed by atoms with Crippen molar-refractivity contribution in [2.24, 2.45) is 0 Å². The normalized spacial score (nSPS) is 10.4. The number of aryl methyl sites for hydroxylation is 1. The first-order valence-electron chi connectivity index (χ1n) is 5.35. The second-order valence-corrected chi connectivity index (χ2v) is 4.39. The fourth-order valence-corrected chi connectivity index (χ4v) is 1.88. The van der Waals surface area contributed by atoms with Crippen LogP contribution in [-0.2, 0) is 13.0 Å². The van der Waals surface area contributed by atoms with Crippen LogP contribution in [0.1, 0.15) is 18.2 Å². The van der Waals surface area contributed by atoms with Gasteiger partial charge < -0.3 is 9.73 Å². The Morgan fingerprint density at radius 3 is 2.81 bits per heavy atom. The molecule has 0 bridgehead atoms. The topological polar surface area (TPSA) is 25.2 Å². The molecule has 16 heavy (non-hydrogen) atoms. The summed E-state index contributed by atoms with van der Waals surface area (Å²) in [6.45, 7) is 2.86. The van der Waals surface area contributed by atoms with Crippen molar-refractivity contribution < 1.29 is 4.42 Å². The molecule has 1 heterocycles. The van der Waals surface area contributed by atoms with Gasteiger partial charge in [-0.3, -0.25) is 0 Å². The highest BCUT2D eigenvalue weighted by atomic mass is 79.9. The first-order valence-corrected chi connectivity index (χ1v) is 6.14. The van der Waals surface area contributed by atoms with Crippen LogP contribution in [0.5, 0.6) is 0 Å². The Labute approximate surface area is 104 Å². The van der Waals surface area contributed by atoms with Crippen molar-refractivity contribution in [1.29, 1.82) is 0 Å². The van der Waals surface area contributed by atoms with Crippen LogP contribution in [-0.4, -0.2) is 0 Å². The van der Waals surface area contributed by atoms with Gasteiger partial charge in [-0.15, -0.1) is 0 Å². The lowest BCUT2D eigenvalue weighted by Crippen LogP contribution is -1.98. The van der Waals surface area contributed by atoms with Crippen molar-refractivity contribution in [2.45, 2.75) is 19.9 Å². The molecule has 0 unspecified atom stereocenters. The summed E-state index contributed by atoms with van der Waals surface area (Å²) in [7, 11) is 0. The number of hydrogen-bond acceptors (Lipinski definition) is 2. The highest BCUT2D eigenvalue weighted by molar-refractivity contribution is 9.10. The van der Waals surface area contributed by atoms with Gasteiger partial charge in [0.1, 0.15) is 5.76 Å². The Morgan fingerprint density at radius 1 is 1.25 bits per heavy atom. The largest absolute Gasteiger partial charge is 0.452 e. The van der Waals surface area contributed by atoms with Crippen LogP contribution in [0.4, 0.5) is 5.69 Å². The number of halogens is 1. The van der Waals surface area contributed by atoms with Crippen molar-refractivity contribution in [3.63, 3.8) is 0 Å². The van der Waals surface area contributed by atoms with Crippen molar-refractivity contribution in [2.75, 3.05) is 5.32 Å². The Balaban J connectivity index is 1.99. The summed E-state index contributed by atoms with van der Waals surface area (Å²) in [6, 6.07) is 12.3. The molecule has 3 heteroatoms. The van der Waals surface area contributed by atoms with Crippen LogP contribution in [0.3, 0.4) is 0 Å². The zero-order valence-corrected chi connectivity index (χ0v) is 10.8. The molecule has 0 amide bonds. The number of hydrogen-bond donors (Lipinski definition) is 1. The molecule has 1 N–H and O–H groups in total.